The third-order valence-electron chi connectivity index (χ3n) is 6.73. The molecule has 8 heteroatoms. The molecule has 2 aliphatic rings. The predicted molar refractivity (Wildman–Crippen MR) is 122 cm³/mol. The van der Waals surface area contributed by atoms with Crippen LogP contribution >= 0.6 is 0 Å². The Morgan fingerprint density at radius 3 is 2.94 bits per heavy atom. The molecule has 1 N–H and O–H groups in total. The van der Waals surface area contributed by atoms with E-state index in [1.165, 1.54) is 5.56 Å². The number of carbonyl (C=O) groups is 1. The molecule has 1 amide bonds. The first kappa shape index (κ1) is 20.9. The van der Waals surface area contributed by atoms with E-state index in [0.717, 1.165) is 42.6 Å². The van der Waals surface area contributed by atoms with Gasteiger partial charge in [-0.3, -0.25) is 9.48 Å². The number of fused-ring (bicyclic) bond motifs is 1. The number of hydrogen-bond donors (Lipinski definition) is 1. The first-order valence-corrected chi connectivity index (χ1v) is 11.3. The molecule has 0 bridgehead atoms. The number of benzene rings is 1. The summed E-state index contributed by atoms with van der Waals surface area (Å²) in [6, 6.07) is 4.11. The van der Waals surface area contributed by atoms with Crippen molar-refractivity contribution in [1.29, 1.82) is 0 Å². The topological polar surface area (TPSA) is 70.1 Å². The maximum atomic E-state index is 15.7. The molecular weight excluding hydrogens is 407 g/mol. The quantitative estimate of drug-likeness (QED) is 0.666. The molecule has 168 valence electrons. The molecule has 0 aliphatic carbocycles. The minimum absolute atomic E-state index is 0.0564. The molecule has 0 spiro atoms. The van der Waals surface area contributed by atoms with Crippen LogP contribution in [0, 0.1) is 12.7 Å². The Morgan fingerprint density at radius 1 is 1.31 bits per heavy atom. The molecule has 1 unspecified atom stereocenters. The maximum absolute atomic E-state index is 15.7. The van der Waals surface area contributed by atoms with Crippen molar-refractivity contribution in [1.82, 2.24) is 29.8 Å². The molecular formula is C24H29FN6O. The van der Waals surface area contributed by atoms with E-state index >= 15 is 4.39 Å². The predicted octanol–water partition coefficient (Wildman–Crippen LogP) is 3.33. The van der Waals surface area contributed by atoms with Gasteiger partial charge in [0.25, 0.3) is 0 Å². The Bertz CT molecular complexity index is 1170. The number of H-pyrrole nitrogens is 1. The normalized spacial score (nSPS) is 19.7. The second-order valence-corrected chi connectivity index (χ2v) is 9.07. The van der Waals surface area contributed by atoms with Crippen LogP contribution < -0.4 is 0 Å². The van der Waals surface area contributed by atoms with E-state index in [4.69, 9.17) is 0 Å². The Hall–Kier alpha value is -3.00. The van der Waals surface area contributed by atoms with Crippen molar-refractivity contribution in [2.45, 2.75) is 38.6 Å². The molecule has 2 aromatic heterocycles. The van der Waals surface area contributed by atoms with Crippen molar-refractivity contribution in [2.24, 2.45) is 0 Å². The fourth-order valence-electron chi connectivity index (χ4n) is 5.05. The molecule has 5 rings (SSSR count). The van der Waals surface area contributed by atoms with E-state index in [-0.39, 0.29) is 11.7 Å². The van der Waals surface area contributed by atoms with Crippen molar-refractivity contribution in [2.75, 3.05) is 33.2 Å². The van der Waals surface area contributed by atoms with Gasteiger partial charge in [-0.2, -0.15) is 0 Å². The molecule has 32 heavy (non-hydrogen) atoms. The van der Waals surface area contributed by atoms with Crippen LogP contribution in [0.15, 0.2) is 30.6 Å². The number of aromatic nitrogens is 4. The minimum atomic E-state index is -0.216. The Kier molecular flexibility index (Phi) is 5.55. The lowest BCUT2D eigenvalue weighted by Gasteiger charge is -2.28. The smallest absolute Gasteiger partial charge is 0.224 e. The number of likely N-dealkylation sites (tertiary alicyclic amines) is 1. The number of nitrogens with zero attached hydrogens (tertiary/aromatic N) is 5. The van der Waals surface area contributed by atoms with Crippen molar-refractivity contribution >= 4 is 22.4 Å². The van der Waals surface area contributed by atoms with Crippen molar-refractivity contribution in [3.8, 4) is 0 Å². The van der Waals surface area contributed by atoms with Gasteiger partial charge in [-0.05, 0) is 62.5 Å². The molecule has 2 aliphatic heterocycles. The molecule has 1 saturated heterocycles. The number of carbonyl (C=O) groups excluding carboxylic acids is 1. The minimum Gasteiger partial charge on any atom is -0.356 e. The van der Waals surface area contributed by atoms with E-state index in [0.29, 0.717) is 43.1 Å². The Balaban J connectivity index is 1.42. The van der Waals surface area contributed by atoms with E-state index in [1.807, 2.05) is 17.9 Å². The van der Waals surface area contributed by atoms with Gasteiger partial charge in [-0.15, -0.1) is 5.10 Å². The summed E-state index contributed by atoms with van der Waals surface area (Å²) in [4.78, 5) is 20.2. The second kappa shape index (κ2) is 8.50. The van der Waals surface area contributed by atoms with Crippen molar-refractivity contribution in [3.63, 3.8) is 0 Å². The van der Waals surface area contributed by atoms with Gasteiger partial charge in [0.2, 0.25) is 5.91 Å². The van der Waals surface area contributed by atoms with Gasteiger partial charge in [0.05, 0.1) is 18.3 Å². The van der Waals surface area contributed by atoms with Gasteiger partial charge in [0.15, 0.2) is 5.82 Å². The number of hydrogen-bond acceptors (Lipinski definition) is 4. The molecule has 0 saturated carbocycles. The zero-order valence-corrected chi connectivity index (χ0v) is 18.6. The highest BCUT2D eigenvalue weighted by atomic mass is 19.1. The summed E-state index contributed by atoms with van der Waals surface area (Å²) in [5, 5.41) is 8.68. The molecule has 1 atom stereocenters. The molecule has 1 aromatic carbocycles. The zero-order chi connectivity index (χ0) is 22.2. The maximum Gasteiger partial charge on any atom is 0.224 e. The lowest BCUT2D eigenvalue weighted by molar-refractivity contribution is -0.131. The van der Waals surface area contributed by atoms with Gasteiger partial charge in [-0.25, -0.2) is 4.39 Å². The van der Waals surface area contributed by atoms with Gasteiger partial charge in [0.1, 0.15) is 0 Å². The number of likely N-dealkylation sites (N-methyl/N-ethyl adjacent to an activating group) is 1. The van der Waals surface area contributed by atoms with Gasteiger partial charge >= 0.3 is 0 Å². The summed E-state index contributed by atoms with van der Waals surface area (Å²) in [6.07, 6.45) is 7.60. The van der Waals surface area contributed by atoms with Crippen LogP contribution in [0.2, 0.25) is 0 Å². The van der Waals surface area contributed by atoms with Crippen LogP contribution in [-0.2, 0) is 11.3 Å². The highest BCUT2D eigenvalue weighted by molar-refractivity contribution is 5.90. The number of rotatable bonds is 5. The number of aryl methyl sites for hydroxylation is 2. The van der Waals surface area contributed by atoms with Gasteiger partial charge in [0, 0.05) is 48.9 Å². The summed E-state index contributed by atoms with van der Waals surface area (Å²) in [5.74, 6) is 0.231. The fourth-order valence-corrected chi connectivity index (χ4v) is 5.05. The molecule has 0 radical (unpaired) electrons. The third kappa shape index (κ3) is 3.95. The highest BCUT2D eigenvalue weighted by Crippen LogP contribution is 2.37. The first-order chi connectivity index (χ1) is 15.5. The molecule has 4 heterocycles. The summed E-state index contributed by atoms with van der Waals surface area (Å²) in [7, 11) is 2.14. The fraction of sp³-hybridized carbons (Fsp3) is 0.458. The van der Waals surface area contributed by atoms with E-state index in [2.05, 4.69) is 39.4 Å². The third-order valence-corrected chi connectivity index (χ3v) is 6.73. The van der Waals surface area contributed by atoms with Crippen LogP contribution in [0.5, 0.6) is 0 Å². The zero-order valence-electron chi connectivity index (χ0n) is 18.6. The number of aromatic amines is 1. The van der Waals surface area contributed by atoms with Gasteiger partial charge < -0.3 is 14.8 Å². The summed E-state index contributed by atoms with van der Waals surface area (Å²) in [6.45, 7) is 5.60. The van der Waals surface area contributed by atoms with Gasteiger partial charge in [-0.1, -0.05) is 11.3 Å². The van der Waals surface area contributed by atoms with Crippen LogP contribution in [-0.4, -0.2) is 68.9 Å². The van der Waals surface area contributed by atoms with Crippen LogP contribution in [0.1, 0.15) is 42.0 Å². The molecule has 1 fully saturated rings. The van der Waals surface area contributed by atoms with Crippen molar-refractivity contribution < 1.29 is 9.18 Å². The number of halogens is 1. The monoisotopic (exact) mass is 436 g/mol. The Morgan fingerprint density at radius 2 is 2.19 bits per heavy atom. The standard InChI is InChI=1S/C24H29FN6O/c1-16-12-21-19(18-5-9-29(2)14-18)13-20(23(25)24(21)27-16)17-4-3-8-30(15-17)22(32)6-10-31-11-7-26-28-31/h4,7,11-13,18,27H,3,5-6,8-10,14-15H2,1-2H3. The van der Waals surface area contributed by atoms with Crippen LogP contribution in [0.25, 0.3) is 16.5 Å². The first-order valence-electron chi connectivity index (χ1n) is 11.3. The average Bonchev–Trinajstić information content (AvgIpc) is 3.54. The summed E-state index contributed by atoms with van der Waals surface area (Å²) in [5.41, 5.74) is 4.27. The van der Waals surface area contributed by atoms with Crippen molar-refractivity contribution in [3.05, 3.63) is 53.2 Å². The van der Waals surface area contributed by atoms with E-state index in [9.17, 15) is 4.79 Å². The van der Waals surface area contributed by atoms with Crippen LogP contribution in [0.3, 0.4) is 0 Å². The Labute approximate surface area is 186 Å². The largest absolute Gasteiger partial charge is 0.356 e. The molecule has 7 nitrogen and oxygen atoms in total. The average molecular weight is 437 g/mol. The van der Waals surface area contributed by atoms with E-state index < -0.39 is 0 Å². The van der Waals surface area contributed by atoms with Crippen LogP contribution in [0.4, 0.5) is 4.39 Å². The lowest BCUT2D eigenvalue weighted by atomic mass is 9.89. The summed E-state index contributed by atoms with van der Waals surface area (Å²) < 4.78 is 17.3. The van der Waals surface area contributed by atoms with E-state index in [1.54, 1.807) is 17.1 Å². The lowest BCUT2D eigenvalue weighted by Crippen LogP contribution is -2.36. The number of amides is 1. The summed E-state index contributed by atoms with van der Waals surface area (Å²) >= 11 is 0. The molecule has 3 aromatic rings. The second-order valence-electron chi connectivity index (χ2n) is 9.07. The highest BCUT2D eigenvalue weighted by Gasteiger charge is 2.28. The number of nitrogens with one attached hydrogen (secondary N) is 1. The SMILES string of the molecule is Cc1cc2c(C3CCN(C)C3)cc(C3=CCCN(C(=O)CCn4ccnn4)C3)c(F)c2[nH]1.